The zero-order valence-electron chi connectivity index (χ0n) is 8.24. The summed E-state index contributed by atoms with van der Waals surface area (Å²) in [6, 6.07) is 3.09. The molecule has 5 heteroatoms. The number of imidazole rings is 1. The Balaban J connectivity index is 2.68. The van der Waals surface area contributed by atoms with E-state index in [0.29, 0.717) is 11.0 Å². The third-order valence-electron chi connectivity index (χ3n) is 2.27. The first-order valence-electron chi connectivity index (χ1n) is 4.63. The Kier molecular flexibility index (Phi) is 2.07. The van der Waals surface area contributed by atoms with Gasteiger partial charge in [-0.05, 0) is 12.1 Å². The van der Waals surface area contributed by atoms with Crippen LogP contribution in [0.15, 0.2) is 12.1 Å². The van der Waals surface area contributed by atoms with Crippen LogP contribution in [0.5, 0.6) is 0 Å². The van der Waals surface area contributed by atoms with E-state index in [1.807, 2.05) is 6.92 Å². The number of anilines is 1. The van der Waals surface area contributed by atoms with Gasteiger partial charge in [-0.3, -0.25) is 0 Å². The zero-order chi connectivity index (χ0) is 11.0. The van der Waals surface area contributed by atoms with Crippen LogP contribution in [0.3, 0.4) is 0 Å². The number of nitrogens with one attached hydrogen (secondary N) is 1. The summed E-state index contributed by atoms with van der Waals surface area (Å²) < 4.78 is 0. The lowest BCUT2D eigenvalue weighted by Gasteiger charge is -1.99. The van der Waals surface area contributed by atoms with E-state index in [-0.39, 0.29) is 11.3 Å². The van der Waals surface area contributed by atoms with Crippen LogP contribution in [-0.4, -0.2) is 21.0 Å². The number of carboxylic acid groups (broad SMARTS) is 1. The maximum atomic E-state index is 10.8. The molecule has 0 atom stereocenters. The van der Waals surface area contributed by atoms with E-state index in [1.165, 1.54) is 6.07 Å². The number of rotatable bonds is 2. The van der Waals surface area contributed by atoms with Crippen LogP contribution in [0, 0.1) is 0 Å². The van der Waals surface area contributed by atoms with Crippen molar-refractivity contribution in [3.63, 3.8) is 0 Å². The molecule has 0 unspecified atom stereocenters. The number of aromatic nitrogens is 2. The number of carboxylic acids is 1. The molecular formula is C10H11N3O2. The third kappa shape index (κ3) is 1.52. The van der Waals surface area contributed by atoms with Crippen molar-refractivity contribution in [2.24, 2.45) is 0 Å². The molecule has 0 amide bonds. The zero-order valence-corrected chi connectivity index (χ0v) is 8.24. The fourth-order valence-corrected chi connectivity index (χ4v) is 1.48. The summed E-state index contributed by atoms with van der Waals surface area (Å²) >= 11 is 0. The highest BCUT2D eigenvalue weighted by Crippen LogP contribution is 2.20. The number of nitrogen functional groups attached to an aromatic ring is 1. The SMILES string of the molecule is CCc1nc2cc(N)c(C(=O)O)cc2[nH]1. The van der Waals surface area contributed by atoms with Gasteiger partial charge in [-0.2, -0.15) is 0 Å². The van der Waals surface area contributed by atoms with Gasteiger partial charge < -0.3 is 15.8 Å². The van der Waals surface area contributed by atoms with E-state index in [2.05, 4.69) is 9.97 Å². The summed E-state index contributed by atoms with van der Waals surface area (Å²) in [7, 11) is 0. The quantitative estimate of drug-likeness (QED) is 0.646. The molecule has 0 aliphatic rings. The first kappa shape index (κ1) is 9.51. The van der Waals surface area contributed by atoms with Crippen molar-refractivity contribution in [3.8, 4) is 0 Å². The molecular weight excluding hydrogens is 194 g/mol. The van der Waals surface area contributed by atoms with Gasteiger partial charge in [0.2, 0.25) is 0 Å². The number of hydrogen-bond donors (Lipinski definition) is 3. The summed E-state index contributed by atoms with van der Waals surface area (Å²) in [4.78, 5) is 18.1. The van der Waals surface area contributed by atoms with Crippen molar-refractivity contribution in [2.75, 3.05) is 5.73 Å². The van der Waals surface area contributed by atoms with E-state index >= 15 is 0 Å². The molecule has 0 saturated heterocycles. The average Bonchev–Trinajstić information content (AvgIpc) is 2.58. The molecule has 2 rings (SSSR count). The van der Waals surface area contributed by atoms with Gasteiger partial charge in [0.05, 0.1) is 16.6 Å². The Morgan fingerprint density at radius 1 is 1.60 bits per heavy atom. The number of benzene rings is 1. The predicted molar refractivity (Wildman–Crippen MR) is 56.8 cm³/mol. The summed E-state index contributed by atoms with van der Waals surface area (Å²) in [6.07, 6.45) is 0.775. The molecule has 1 heterocycles. The first-order chi connectivity index (χ1) is 7.11. The Hall–Kier alpha value is -2.04. The molecule has 0 saturated carbocycles. The van der Waals surface area contributed by atoms with Crippen molar-refractivity contribution in [2.45, 2.75) is 13.3 Å². The number of fused-ring (bicyclic) bond motifs is 1. The van der Waals surface area contributed by atoms with Crippen LogP contribution < -0.4 is 5.73 Å². The number of hydrogen-bond acceptors (Lipinski definition) is 3. The van der Waals surface area contributed by atoms with Crippen molar-refractivity contribution in [1.29, 1.82) is 0 Å². The molecule has 4 N–H and O–H groups in total. The van der Waals surface area contributed by atoms with Crippen LogP contribution in [0.25, 0.3) is 11.0 Å². The Morgan fingerprint density at radius 3 is 2.93 bits per heavy atom. The lowest BCUT2D eigenvalue weighted by Crippen LogP contribution is -2.01. The van der Waals surface area contributed by atoms with E-state index in [4.69, 9.17) is 10.8 Å². The highest BCUT2D eigenvalue weighted by atomic mass is 16.4. The van der Waals surface area contributed by atoms with Crippen LogP contribution in [-0.2, 0) is 6.42 Å². The summed E-state index contributed by atoms with van der Waals surface area (Å²) in [5.74, 6) is -0.200. The molecule has 0 fully saturated rings. The highest BCUT2D eigenvalue weighted by Gasteiger charge is 2.11. The highest BCUT2D eigenvalue weighted by molar-refractivity contribution is 5.98. The predicted octanol–water partition coefficient (Wildman–Crippen LogP) is 1.41. The Labute approximate surface area is 85.9 Å². The number of nitrogens with two attached hydrogens (primary N) is 1. The lowest BCUT2D eigenvalue weighted by molar-refractivity contribution is 0.0698. The second-order valence-corrected chi connectivity index (χ2v) is 3.30. The van der Waals surface area contributed by atoms with Gasteiger partial charge in [-0.1, -0.05) is 6.92 Å². The van der Waals surface area contributed by atoms with Gasteiger partial charge in [0.1, 0.15) is 5.82 Å². The number of carbonyl (C=O) groups is 1. The maximum Gasteiger partial charge on any atom is 0.337 e. The molecule has 1 aromatic heterocycles. The topological polar surface area (TPSA) is 92.0 Å². The Morgan fingerprint density at radius 2 is 2.33 bits per heavy atom. The van der Waals surface area contributed by atoms with E-state index in [9.17, 15) is 4.79 Å². The normalized spacial score (nSPS) is 10.7. The smallest absolute Gasteiger partial charge is 0.337 e. The van der Waals surface area contributed by atoms with Crippen LogP contribution in [0.2, 0.25) is 0 Å². The van der Waals surface area contributed by atoms with Gasteiger partial charge in [0.15, 0.2) is 0 Å². The van der Waals surface area contributed by atoms with E-state index in [1.54, 1.807) is 6.07 Å². The molecule has 0 bridgehead atoms. The number of nitrogens with zero attached hydrogens (tertiary/aromatic N) is 1. The van der Waals surface area contributed by atoms with Crippen LogP contribution >= 0.6 is 0 Å². The largest absolute Gasteiger partial charge is 0.478 e. The molecule has 78 valence electrons. The van der Waals surface area contributed by atoms with Gasteiger partial charge in [0.25, 0.3) is 0 Å². The molecule has 0 spiro atoms. The molecule has 0 radical (unpaired) electrons. The Bertz CT molecular complexity index is 531. The summed E-state index contributed by atoms with van der Waals surface area (Å²) in [5.41, 5.74) is 7.36. The first-order valence-corrected chi connectivity index (χ1v) is 4.63. The van der Waals surface area contributed by atoms with Crippen LogP contribution in [0.1, 0.15) is 23.1 Å². The van der Waals surface area contributed by atoms with Gasteiger partial charge in [-0.15, -0.1) is 0 Å². The van der Waals surface area contributed by atoms with E-state index < -0.39 is 5.97 Å². The number of aromatic amines is 1. The molecule has 1 aromatic carbocycles. The third-order valence-corrected chi connectivity index (χ3v) is 2.27. The minimum Gasteiger partial charge on any atom is -0.478 e. The average molecular weight is 205 g/mol. The fraction of sp³-hybridized carbons (Fsp3) is 0.200. The van der Waals surface area contributed by atoms with Crippen molar-refractivity contribution < 1.29 is 9.90 Å². The molecule has 0 aliphatic carbocycles. The maximum absolute atomic E-state index is 10.8. The van der Waals surface area contributed by atoms with Crippen molar-refractivity contribution in [1.82, 2.24) is 9.97 Å². The second-order valence-electron chi connectivity index (χ2n) is 3.30. The molecule has 0 aliphatic heterocycles. The summed E-state index contributed by atoms with van der Waals surface area (Å²) in [5, 5.41) is 8.87. The number of aromatic carboxylic acids is 1. The number of aryl methyl sites for hydroxylation is 1. The number of H-pyrrole nitrogens is 1. The second kappa shape index (κ2) is 3.27. The standard InChI is InChI=1S/C10H11N3O2/c1-2-9-12-7-3-5(10(14)15)6(11)4-8(7)13-9/h3-4H,2,11H2,1H3,(H,12,13)(H,14,15). The fourth-order valence-electron chi connectivity index (χ4n) is 1.48. The minimum absolute atomic E-state index is 0.105. The van der Waals surface area contributed by atoms with E-state index in [0.717, 1.165) is 12.2 Å². The van der Waals surface area contributed by atoms with Gasteiger partial charge in [0, 0.05) is 12.1 Å². The minimum atomic E-state index is -1.03. The molecule has 2 aromatic rings. The van der Waals surface area contributed by atoms with Crippen molar-refractivity contribution in [3.05, 3.63) is 23.5 Å². The summed E-state index contributed by atoms with van der Waals surface area (Å²) in [6.45, 7) is 1.97. The molecule has 15 heavy (non-hydrogen) atoms. The van der Waals surface area contributed by atoms with Crippen molar-refractivity contribution >= 4 is 22.7 Å². The lowest BCUT2D eigenvalue weighted by atomic mass is 10.1. The van der Waals surface area contributed by atoms with Gasteiger partial charge >= 0.3 is 5.97 Å². The van der Waals surface area contributed by atoms with Crippen LogP contribution in [0.4, 0.5) is 5.69 Å². The molecule has 5 nitrogen and oxygen atoms in total. The monoisotopic (exact) mass is 205 g/mol. The van der Waals surface area contributed by atoms with Gasteiger partial charge in [-0.25, -0.2) is 9.78 Å².